The van der Waals surface area contributed by atoms with Gasteiger partial charge < -0.3 is 5.32 Å². The van der Waals surface area contributed by atoms with Gasteiger partial charge in [0.05, 0.1) is 0 Å². The van der Waals surface area contributed by atoms with Crippen LogP contribution < -0.4 is 5.32 Å². The maximum Gasteiger partial charge on any atom is 0.271 e. The molecule has 0 spiro atoms. The number of hydroxylamine groups is 2. The third kappa shape index (κ3) is 2.45. The van der Waals surface area contributed by atoms with E-state index in [1.54, 1.807) is 24.3 Å². The Hall–Kier alpha value is -1.88. The molecule has 5 heteroatoms. The summed E-state index contributed by atoms with van der Waals surface area (Å²) in [5.41, 5.74) is 0.537. The zero-order valence-electron chi connectivity index (χ0n) is 9.55. The van der Waals surface area contributed by atoms with Crippen molar-refractivity contribution in [3.05, 3.63) is 35.9 Å². The van der Waals surface area contributed by atoms with Gasteiger partial charge in [-0.1, -0.05) is 18.2 Å². The Labute approximate surface area is 99.3 Å². The van der Waals surface area contributed by atoms with Crippen LogP contribution in [0.25, 0.3) is 0 Å². The maximum absolute atomic E-state index is 11.8. The summed E-state index contributed by atoms with van der Waals surface area (Å²) < 4.78 is 0. The van der Waals surface area contributed by atoms with Crippen LogP contribution in [0, 0.1) is 0 Å². The number of likely N-dealkylation sites (N-methyl/N-ethyl adjacent to an activating group) is 1. The van der Waals surface area contributed by atoms with Crippen LogP contribution in [0.15, 0.2) is 30.3 Å². The molecule has 0 saturated carbocycles. The van der Waals surface area contributed by atoms with E-state index in [0.29, 0.717) is 12.1 Å². The van der Waals surface area contributed by atoms with Gasteiger partial charge in [0.1, 0.15) is 12.6 Å². The third-order valence-electron chi connectivity index (χ3n) is 2.57. The van der Waals surface area contributed by atoms with Gasteiger partial charge in [-0.05, 0) is 19.1 Å². The number of amides is 2. The number of nitrogens with zero attached hydrogens (tertiary/aromatic N) is 1. The van der Waals surface area contributed by atoms with E-state index in [4.69, 9.17) is 4.84 Å². The van der Waals surface area contributed by atoms with Gasteiger partial charge >= 0.3 is 0 Å². The lowest BCUT2D eigenvalue weighted by Gasteiger charge is -2.11. The summed E-state index contributed by atoms with van der Waals surface area (Å²) in [5.74, 6) is -0.456. The van der Waals surface area contributed by atoms with Crippen molar-refractivity contribution >= 4 is 11.8 Å². The van der Waals surface area contributed by atoms with Crippen LogP contribution in [0.2, 0.25) is 0 Å². The fraction of sp³-hybridized carbons (Fsp3) is 0.333. The zero-order chi connectivity index (χ0) is 12.3. The van der Waals surface area contributed by atoms with E-state index in [0.717, 1.165) is 0 Å². The lowest BCUT2D eigenvalue weighted by Crippen LogP contribution is -2.42. The Balaban J connectivity index is 1.99. The molecule has 1 aliphatic heterocycles. The summed E-state index contributed by atoms with van der Waals surface area (Å²) in [6.07, 6.45) is 0. The molecular weight excluding hydrogens is 220 g/mol. The van der Waals surface area contributed by atoms with E-state index < -0.39 is 6.04 Å². The van der Waals surface area contributed by atoms with E-state index in [9.17, 15) is 9.59 Å². The monoisotopic (exact) mass is 234 g/mol. The average Bonchev–Trinajstić information content (AvgIpc) is 2.71. The topological polar surface area (TPSA) is 58.6 Å². The fourth-order valence-electron chi connectivity index (χ4n) is 1.65. The highest BCUT2D eigenvalue weighted by Crippen LogP contribution is 2.08. The number of hydrogen-bond donors (Lipinski definition) is 1. The molecule has 2 amide bonds. The van der Waals surface area contributed by atoms with Crippen molar-refractivity contribution in [1.82, 2.24) is 10.4 Å². The molecule has 5 nitrogen and oxygen atoms in total. The van der Waals surface area contributed by atoms with Gasteiger partial charge in [0.2, 0.25) is 0 Å². The highest BCUT2D eigenvalue weighted by Gasteiger charge is 2.33. The molecule has 90 valence electrons. The summed E-state index contributed by atoms with van der Waals surface area (Å²) in [6.45, 7) is 2.50. The van der Waals surface area contributed by atoms with E-state index in [1.807, 2.05) is 13.0 Å². The Morgan fingerprint density at radius 1 is 1.47 bits per heavy atom. The SMILES string of the molecule is CCN1OC[C@@H](NC(=O)c2ccccc2)C1=O. The van der Waals surface area contributed by atoms with Gasteiger partial charge in [-0.15, -0.1) is 0 Å². The van der Waals surface area contributed by atoms with Crippen molar-refractivity contribution in [3.63, 3.8) is 0 Å². The highest BCUT2D eigenvalue weighted by molar-refractivity contribution is 5.97. The molecule has 1 aromatic rings. The first-order valence-corrected chi connectivity index (χ1v) is 5.52. The quantitative estimate of drug-likeness (QED) is 0.832. The molecule has 0 unspecified atom stereocenters. The molecule has 1 fully saturated rings. The molecule has 1 N–H and O–H groups in total. The van der Waals surface area contributed by atoms with Gasteiger partial charge in [-0.25, -0.2) is 5.06 Å². The molecule has 1 aliphatic rings. The fourth-order valence-corrected chi connectivity index (χ4v) is 1.65. The average molecular weight is 234 g/mol. The number of rotatable bonds is 3. The van der Waals surface area contributed by atoms with Crippen LogP contribution >= 0.6 is 0 Å². The number of benzene rings is 1. The summed E-state index contributed by atoms with van der Waals surface area (Å²) in [6, 6.07) is 8.21. The highest BCUT2D eigenvalue weighted by atomic mass is 16.7. The molecular formula is C12H14N2O3. The number of nitrogens with one attached hydrogen (secondary N) is 1. The summed E-state index contributed by atoms with van der Waals surface area (Å²) in [5, 5.41) is 3.91. The lowest BCUT2D eigenvalue weighted by molar-refractivity contribution is -0.160. The Morgan fingerprint density at radius 3 is 2.76 bits per heavy atom. The molecule has 0 radical (unpaired) electrons. The van der Waals surface area contributed by atoms with Gasteiger partial charge in [0.25, 0.3) is 11.8 Å². The van der Waals surface area contributed by atoms with Crippen LogP contribution in [0.3, 0.4) is 0 Å². The van der Waals surface area contributed by atoms with Gasteiger partial charge in [0.15, 0.2) is 0 Å². The number of carbonyl (C=O) groups is 2. The van der Waals surface area contributed by atoms with Crippen LogP contribution in [0.4, 0.5) is 0 Å². The van der Waals surface area contributed by atoms with E-state index in [-0.39, 0.29) is 18.4 Å². The first-order chi connectivity index (χ1) is 8.22. The molecule has 2 rings (SSSR count). The van der Waals surface area contributed by atoms with Gasteiger partial charge in [0, 0.05) is 12.1 Å². The first-order valence-electron chi connectivity index (χ1n) is 5.52. The molecule has 0 aromatic heterocycles. The van der Waals surface area contributed by atoms with Crippen LogP contribution in [-0.4, -0.2) is 36.1 Å². The Morgan fingerprint density at radius 2 is 2.18 bits per heavy atom. The maximum atomic E-state index is 11.8. The summed E-state index contributed by atoms with van der Waals surface area (Å²) >= 11 is 0. The zero-order valence-corrected chi connectivity index (χ0v) is 9.55. The molecule has 17 heavy (non-hydrogen) atoms. The molecule has 1 atom stereocenters. The predicted molar refractivity (Wildman–Crippen MR) is 61.0 cm³/mol. The summed E-state index contributed by atoms with van der Waals surface area (Å²) in [4.78, 5) is 28.6. The standard InChI is InChI=1S/C12H14N2O3/c1-2-14-12(16)10(8-17-14)13-11(15)9-6-4-3-5-7-9/h3-7,10H,2,8H2,1H3,(H,13,15)/t10-/m1/s1. The van der Waals surface area contributed by atoms with E-state index >= 15 is 0 Å². The van der Waals surface area contributed by atoms with Gasteiger partial charge in [-0.3, -0.25) is 14.4 Å². The van der Waals surface area contributed by atoms with Crippen LogP contribution in [0.1, 0.15) is 17.3 Å². The minimum atomic E-state index is -0.581. The molecule has 0 bridgehead atoms. The van der Waals surface area contributed by atoms with Crippen molar-refractivity contribution in [1.29, 1.82) is 0 Å². The summed E-state index contributed by atoms with van der Waals surface area (Å²) in [7, 11) is 0. The second-order valence-corrected chi connectivity index (χ2v) is 3.72. The first kappa shape index (κ1) is 11.6. The van der Waals surface area contributed by atoms with Gasteiger partial charge in [-0.2, -0.15) is 0 Å². The molecule has 1 heterocycles. The van der Waals surface area contributed by atoms with Crippen molar-refractivity contribution in [2.45, 2.75) is 13.0 Å². The normalized spacial score (nSPS) is 19.5. The van der Waals surface area contributed by atoms with Crippen molar-refractivity contribution in [2.75, 3.05) is 13.2 Å². The molecule has 1 saturated heterocycles. The smallest absolute Gasteiger partial charge is 0.271 e. The van der Waals surface area contributed by atoms with Crippen molar-refractivity contribution in [3.8, 4) is 0 Å². The minimum Gasteiger partial charge on any atom is -0.338 e. The number of hydrogen-bond acceptors (Lipinski definition) is 3. The van der Waals surface area contributed by atoms with E-state index in [2.05, 4.69) is 5.32 Å². The Kier molecular flexibility index (Phi) is 3.39. The largest absolute Gasteiger partial charge is 0.338 e. The third-order valence-corrected chi connectivity index (χ3v) is 2.57. The lowest BCUT2D eigenvalue weighted by atomic mass is 10.2. The van der Waals surface area contributed by atoms with Crippen molar-refractivity contribution in [2.24, 2.45) is 0 Å². The van der Waals surface area contributed by atoms with Crippen molar-refractivity contribution < 1.29 is 14.4 Å². The van der Waals surface area contributed by atoms with E-state index in [1.165, 1.54) is 5.06 Å². The molecule has 0 aliphatic carbocycles. The Bertz CT molecular complexity index is 419. The molecule has 1 aromatic carbocycles. The number of carbonyl (C=O) groups excluding carboxylic acids is 2. The second kappa shape index (κ2) is 4.97. The van der Waals surface area contributed by atoms with Crippen LogP contribution in [0.5, 0.6) is 0 Å². The predicted octanol–water partition coefficient (Wildman–Crippen LogP) is 0.579. The minimum absolute atomic E-state index is 0.197. The second-order valence-electron chi connectivity index (χ2n) is 3.72. The van der Waals surface area contributed by atoms with Crippen LogP contribution in [-0.2, 0) is 9.63 Å².